The van der Waals surface area contributed by atoms with E-state index in [1.807, 2.05) is 24.3 Å². The second-order valence-electron chi connectivity index (χ2n) is 9.52. The normalized spacial score (nSPS) is 12.2. The minimum absolute atomic E-state index is 0.159. The number of thioether (sulfide) groups is 2. The van der Waals surface area contributed by atoms with Crippen molar-refractivity contribution in [3.63, 3.8) is 0 Å². The molecule has 3 rings (SSSR count). The van der Waals surface area contributed by atoms with Crippen LogP contribution in [0.2, 0.25) is 0 Å². The van der Waals surface area contributed by atoms with Gasteiger partial charge in [-0.1, -0.05) is 65.8 Å². The number of phenols is 2. The van der Waals surface area contributed by atoms with E-state index in [9.17, 15) is 10.2 Å². The highest BCUT2D eigenvalue weighted by molar-refractivity contribution is 7.99. The second-order valence-corrected chi connectivity index (χ2v) is 12.1. The van der Waals surface area contributed by atoms with Crippen LogP contribution in [0.3, 0.4) is 0 Å². The molecule has 0 radical (unpaired) electrons. The van der Waals surface area contributed by atoms with Crippen molar-refractivity contribution in [1.82, 2.24) is 0 Å². The van der Waals surface area contributed by atoms with Crippen LogP contribution in [0.5, 0.6) is 11.5 Å². The maximum atomic E-state index is 10.4. The van der Waals surface area contributed by atoms with Crippen LogP contribution >= 0.6 is 23.5 Å². The van der Waals surface area contributed by atoms with E-state index in [0.717, 1.165) is 43.6 Å². The quantitative estimate of drug-likeness (QED) is 0.150. The van der Waals surface area contributed by atoms with E-state index in [1.165, 1.54) is 0 Å². The third-order valence-electron chi connectivity index (χ3n) is 6.56. The highest BCUT2D eigenvalue weighted by atomic mass is 32.2. The van der Waals surface area contributed by atoms with Gasteiger partial charge < -0.3 is 21.7 Å². The Morgan fingerprint density at radius 1 is 0.647 bits per heavy atom. The van der Waals surface area contributed by atoms with Crippen molar-refractivity contribution in [3.8, 4) is 11.5 Å². The van der Waals surface area contributed by atoms with E-state index < -0.39 is 0 Å². The van der Waals surface area contributed by atoms with Gasteiger partial charge in [0.1, 0.15) is 0 Å². The van der Waals surface area contributed by atoms with E-state index in [-0.39, 0.29) is 22.3 Å². The van der Waals surface area contributed by atoms with Gasteiger partial charge >= 0.3 is 0 Å². The predicted molar refractivity (Wildman–Crippen MR) is 149 cm³/mol. The number of nitrogens with two attached hydrogens (primary N) is 2. The van der Waals surface area contributed by atoms with Gasteiger partial charge in [-0.2, -0.15) is 0 Å². The highest BCUT2D eigenvalue weighted by Crippen LogP contribution is 2.43. The lowest BCUT2D eigenvalue weighted by Gasteiger charge is -2.31. The summed E-state index contributed by atoms with van der Waals surface area (Å²) in [6, 6.07) is 16.5. The first-order valence-corrected chi connectivity index (χ1v) is 13.5. The van der Waals surface area contributed by atoms with Gasteiger partial charge in [0.15, 0.2) is 11.5 Å². The summed E-state index contributed by atoms with van der Waals surface area (Å²) in [5.41, 5.74) is 16.9. The van der Waals surface area contributed by atoms with Gasteiger partial charge in [0.25, 0.3) is 0 Å². The molecule has 0 spiro atoms. The van der Waals surface area contributed by atoms with Crippen LogP contribution in [0.4, 0.5) is 11.4 Å². The number of benzene rings is 3. The summed E-state index contributed by atoms with van der Waals surface area (Å²) in [5.74, 6) is 2.03. The average molecular weight is 497 g/mol. The molecular weight excluding hydrogens is 460 g/mol. The van der Waals surface area contributed by atoms with Crippen LogP contribution in [-0.2, 0) is 10.8 Å². The van der Waals surface area contributed by atoms with Gasteiger partial charge in [-0.05, 0) is 58.0 Å². The fraction of sp³-hybridized carbons (Fsp3) is 0.357. The summed E-state index contributed by atoms with van der Waals surface area (Å²) in [4.78, 5) is 1.62. The van der Waals surface area contributed by atoms with Gasteiger partial charge in [0.05, 0.1) is 21.2 Å². The topological polar surface area (TPSA) is 92.5 Å². The van der Waals surface area contributed by atoms with E-state index >= 15 is 0 Å². The van der Waals surface area contributed by atoms with Crippen LogP contribution in [-0.4, -0.2) is 21.7 Å². The van der Waals surface area contributed by atoms with Gasteiger partial charge in [0.2, 0.25) is 0 Å². The summed E-state index contributed by atoms with van der Waals surface area (Å²) in [7, 11) is 0. The molecule has 0 atom stereocenters. The molecule has 3 aromatic rings. The fourth-order valence-corrected chi connectivity index (χ4v) is 5.69. The van der Waals surface area contributed by atoms with Gasteiger partial charge in [0, 0.05) is 10.8 Å². The van der Waals surface area contributed by atoms with Crippen LogP contribution < -0.4 is 11.5 Å². The largest absolute Gasteiger partial charge is 0.505 e. The first-order chi connectivity index (χ1) is 15.9. The monoisotopic (exact) mass is 496 g/mol. The van der Waals surface area contributed by atoms with Crippen molar-refractivity contribution in [3.05, 3.63) is 70.8 Å². The lowest BCUT2D eigenvalue weighted by Crippen LogP contribution is -2.23. The Bertz CT molecular complexity index is 1100. The lowest BCUT2D eigenvalue weighted by atomic mass is 9.73. The van der Waals surface area contributed by atoms with Crippen LogP contribution in [0.25, 0.3) is 0 Å². The summed E-state index contributed by atoms with van der Waals surface area (Å²) in [5, 5.41) is 20.8. The molecule has 6 heteroatoms. The number of hydrogen-bond donors (Lipinski definition) is 4. The van der Waals surface area contributed by atoms with Gasteiger partial charge in [-0.3, -0.25) is 0 Å². The first-order valence-electron chi connectivity index (χ1n) is 11.6. The van der Waals surface area contributed by atoms with Crippen LogP contribution in [0, 0.1) is 0 Å². The molecule has 182 valence electrons. The maximum Gasteiger partial charge on any atom is 0.152 e. The number of phenolic OH excluding ortho intramolecular Hbond substituents is 2. The molecule has 0 unspecified atom stereocenters. The summed E-state index contributed by atoms with van der Waals surface area (Å²) in [6.45, 7) is 12.8. The third kappa shape index (κ3) is 4.98. The standard InChI is InChI=1S/C28H36N2O2S2/c1-7-33-23-15-19(13-21(29)25(23)31)27(3,4)17-10-9-11-18(12-17)28(5,6)20-14-22(30)26(32)24(16-20)34-8-2/h9-16,31-32H,7-8,29-30H2,1-6H3. The second kappa shape index (κ2) is 10.0. The van der Waals surface area contributed by atoms with Gasteiger partial charge in [-0.15, -0.1) is 23.5 Å². The molecule has 0 saturated carbocycles. The molecule has 0 heterocycles. The molecule has 0 aliphatic carbocycles. The molecule has 6 N–H and O–H groups in total. The van der Waals surface area contributed by atoms with E-state index in [0.29, 0.717) is 11.4 Å². The minimum atomic E-state index is -0.325. The highest BCUT2D eigenvalue weighted by Gasteiger charge is 2.29. The molecule has 0 amide bonds. The van der Waals surface area contributed by atoms with E-state index in [1.54, 1.807) is 23.5 Å². The lowest BCUT2D eigenvalue weighted by molar-refractivity contribution is 0.463. The van der Waals surface area contributed by atoms with Crippen molar-refractivity contribution in [2.75, 3.05) is 23.0 Å². The van der Waals surface area contributed by atoms with Crippen molar-refractivity contribution < 1.29 is 10.2 Å². The zero-order chi connectivity index (χ0) is 25.3. The van der Waals surface area contributed by atoms with E-state index in [2.05, 4.69) is 65.8 Å². The number of anilines is 2. The zero-order valence-corrected chi connectivity index (χ0v) is 22.5. The summed E-state index contributed by atoms with van der Waals surface area (Å²) < 4.78 is 0. The number of rotatable bonds is 8. The molecule has 4 nitrogen and oxygen atoms in total. The molecule has 0 aliphatic heterocycles. The summed E-state index contributed by atoms with van der Waals surface area (Å²) >= 11 is 3.18. The van der Waals surface area contributed by atoms with Crippen molar-refractivity contribution in [1.29, 1.82) is 0 Å². The average Bonchev–Trinajstić information content (AvgIpc) is 2.79. The van der Waals surface area contributed by atoms with Crippen molar-refractivity contribution in [2.24, 2.45) is 0 Å². The van der Waals surface area contributed by atoms with Gasteiger partial charge in [-0.25, -0.2) is 0 Å². The molecule has 0 aromatic heterocycles. The van der Waals surface area contributed by atoms with E-state index in [4.69, 9.17) is 11.5 Å². The molecule has 0 aliphatic rings. The SMILES string of the molecule is CCSc1cc(C(C)(C)c2cccc(C(C)(C)c3cc(N)c(O)c(SCC)c3)c2)cc(N)c1O. The maximum absolute atomic E-state index is 10.4. The Hall–Kier alpha value is -2.44. The first kappa shape index (κ1) is 26.2. The Balaban J connectivity index is 2.08. The molecule has 0 saturated heterocycles. The molecule has 34 heavy (non-hydrogen) atoms. The fourth-order valence-electron chi connectivity index (χ4n) is 4.14. The Morgan fingerprint density at radius 3 is 1.38 bits per heavy atom. The minimum Gasteiger partial charge on any atom is -0.505 e. The molecule has 0 bridgehead atoms. The number of nitrogen functional groups attached to an aromatic ring is 2. The molecule has 3 aromatic carbocycles. The predicted octanol–water partition coefficient (Wildman–Crippen LogP) is 7.14. The Morgan fingerprint density at radius 2 is 1.03 bits per heavy atom. The van der Waals surface area contributed by atoms with Crippen molar-refractivity contribution in [2.45, 2.75) is 62.2 Å². The number of hydrogen-bond acceptors (Lipinski definition) is 6. The van der Waals surface area contributed by atoms with Crippen molar-refractivity contribution >= 4 is 34.9 Å². The van der Waals surface area contributed by atoms with Crippen LogP contribution in [0.1, 0.15) is 63.8 Å². The molecule has 0 fully saturated rings. The smallest absolute Gasteiger partial charge is 0.152 e. The van der Waals surface area contributed by atoms with Crippen LogP contribution in [0.15, 0.2) is 58.3 Å². The summed E-state index contributed by atoms with van der Waals surface area (Å²) in [6.07, 6.45) is 0. The number of aromatic hydroxyl groups is 2. The molecular formula is C28H36N2O2S2. The zero-order valence-electron chi connectivity index (χ0n) is 20.9. The third-order valence-corrected chi connectivity index (χ3v) is 8.38. The Kier molecular flexibility index (Phi) is 7.73. The Labute approximate surface area is 212 Å².